The van der Waals surface area contributed by atoms with E-state index in [2.05, 4.69) is 81.5 Å². The molecule has 0 aromatic rings. The van der Waals surface area contributed by atoms with Gasteiger partial charge in [0.1, 0.15) is 13.2 Å². The van der Waals surface area contributed by atoms with Crippen LogP contribution in [0.5, 0.6) is 0 Å². The number of carbonyl (C=O) groups excluding carboxylic acids is 3. The molecule has 0 aliphatic carbocycles. The largest absolute Gasteiger partial charge is 0.462 e. The Morgan fingerprint density at radius 2 is 0.619 bits per heavy atom. The summed E-state index contributed by atoms with van der Waals surface area (Å²) in [6.45, 7) is 6.49. The maximum absolute atomic E-state index is 12.8. The molecule has 0 saturated carbocycles. The molecule has 0 fully saturated rings. The Balaban J connectivity index is 4.40. The Morgan fingerprint density at radius 1 is 0.333 bits per heavy atom. The van der Waals surface area contributed by atoms with Crippen LogP contribution in [0.25, 0.3) is 0 Å². The lowest BCUT2D eigenvalue weighted by atomic mass is 10.0. The van der Waals surface area contributed by atoms with Gasteiger partial charge in [-0.2, -0.15) is 0 Å². The fourth-order valence-corrected chi connectivity index (χ4v) is 7.49. The van der Waals surface area contributed by atoms with Crippen LogP contribution in [0.3, 0.4) is 0 Å². The van der Waals surface area contributed by atoms with E-state index >= 15 is 0 Å². The van der Waals surface area contributed by atoms with E-state index in [1.807, 2.05) is 0 Å². The number of carbonyl (C=O) groups is 3. The van der Waals surface area contributed by atoms with Gasteiger partial charge in [-0.05, 0) is 83.5 Å². The van der Waals surface area contributed by atoms with E-state index in [1.165, 1.54) is 116 Å². The van der Waals surface area contributed by atoms with Gasteiger partial charge in [0.15, 0.2) is 6.10 Å². The van der Waals surface area contributed by atoms with Gasteiger partial charge in [-0.3, -0.25) is 14.4 Å². The summed E-state index contributed by atoms with van der Waals surface area (Å²) >= 11 is 0. The van der Waals surface area contributed by atoms with Crippen molar-refractivity contribution in [2.45, 2.75) is 271 Å². The number of hydrogen-bond donors (Lipinski definition) is 0. The summed E-state index contributed by atoms with van der Waals surface area (Å²) < 4.78 is 16.8. The van der Waals surface area contributed by atoms with E-state index in [1.54, 1.807) is 0 Å². The summed E-state index contributed by atoms with van der Waals surface area (Å²) in [6, 6.07) is 0. The van der Waals surface area contributed by atoms with E-state index in [4.69, 9.17) is 14.2 Å². The van der Waals surface area contributed by atoms with Gasteiger partial charge < -0.3 is 14.2 Å². The molecule has 0 aliphatic rings. The summed E-state index contributed by atoms with van der Waals surface area (Å²) in [7, 11) is 0. The molecule has 0 amide bonds. The van der Waals surface area contributed by atoms with Crippen LogP contribution in [0.1, 0.15) is 265 Å². The Kier molecular flexibility index (Phi) is 49.4. The molecule has 0 aromatic heterocycles. The average molecular weight is 881 g/mol. The van der Waals surface area contributed by atoms with Crippen LogP contribution < -0.4 is 0 Å². The molecule has 63 heavy (non-hydrogen) atoms. The zero-order valence-corrected chi connectivity index (χ0v) is 41.6. The Labute approximate surface area is 390 Å². The van der Waals surface area contributed by atoms with Crippen LogP contribution in [0.4, 0.5) is 0 Å². The first-order valence-electron chi connectivity index (χ1n) is 26.8. The first kappa shape index (κ1) is 60.1. The molecule has 0 heterocycles. The van der Waals surface area contributed by atoms with Crippen molar-refractivity contribution in [3.63, 3.8) is 0 Å². The van der Waals surface area contributed by atoms with E-state index in [0.29, 0.717) is 19.3 Å². The summed E-state index contributed by atoms with van der Waals surface area (Å²) in [5.41, 5.74) is 0. The Morgan fingerprint density at radius 3 is 1.00 bits per heavy atom. The lowest BCUT2D eigenvalue weighted by molar-refractivity contribution is -0.167. The van der Waals surface area contributed by atoms with Crippen molar-refractivity contribution in [1.82, 2.24) is 0 Å². The normalized spacial score (nSPS) is 12.5. The Bertz CT molecular complexity index is 1150. The third-order valence-electron chi connectivity index (χ3n) is 11.5. The molecular weight excluding hydrogens is 781 g/mol. The maximum atomic E-state index is 12.8. The Hall–Kier alpha value is -2.89. The second-order valence-corrected chi connectivity index (χ2v) is 17.8. The second kappa shape index (κ2) is 51.7. The first-order valence-corrected chi connectivity index (χ1v) is 26.8. The molecule has 0 aliphatic heterocycles. The minimum Gasteiger partial charge on any atom is -0.462 e. The molecule has 1 atom stereocenters. The molecule has 0 N–H and O–H groups in total. The topological polar surface area (TPSA) is 78.9 Å². The molecule has 364 valence electrons. The van der Waals surface area contributed by atoms with E-state index < -0.39 is 6.10 Å². The van der Waals surface area contributed by atoms with Crippen LogP contribution in [-0.4, -0.2) is 37.2 Å². The zero-order valence-electron chi connectivity index (χ0n) is 41.6. The summed E-state index contributed by atoms with van der Waals surface area (Å²) in [5, 5.41) is 0. The van der Waals surface area contributed by atoms with Crippen molar-refractivity contribution in [3.05, 3.63) is 60.8 Å². The SMILES string of the molecule is CC/C=C/C/C=C/C/C=C/CCCCCCCC(=O)O[C@@H](COC(=O)CCCCCCCCC/C=C/C/C=C/CCCCC)COC(=O)CCCCCCCCCCCCCCC. The highest BCUT2D eigenvalue weighted by molar-refractivity contribution is 5.71. The van der Waals surface area contributed by atoms with Crippen molar-refractivity contribution in [1.29, 1.82) is 0 Å². The molecule has 0 saturated heterocycles. The van der Waals surface area contributed by atoms with Gasteiger partial charge in [0, 0.05) is 19.3 Å². The predicted octanol–water partition coefficient (Wildman–Crippen LogP) is 17.6. The van der Waals surface area contributed by atoms with E-state index in [-0.39, 0.29) is 31.1 Å². The average Bonchev–Trinajstić information content (AvgIpc) is 3.28. The smallest absolute Gasteiger partial charge is 0.306 e. The fraction of sp³-hybridized carbons (Fsp3) is 0.772. The third kappa shape index (κ3) is 50.0. The molecule has 0 spiro atoms. The monoisotopic (exact) mass is 881 g/mol. The van der Waals surface area contributed by atoms with Crippen LogP contribution >= 0.6 is 0 Å². The van der Waals surface area contributed by atoms with Crippen molar-refractivity contribution < 1.29 is 28.6 Å². The highest BCUT2D eigenvalue weighted by atomic mass is 16.6. The van der Waals surface area contributed by atoms with Crippen LogP contribution in [-0.2, 0) is 28.6 Å². The van der Waals surface area contributed by atoms with Crippen LogP contribution in [0.2, 0.25) is 0 Å². The highest BCUT2D eigenvalue weighted by Gasteiger charge is 2.19. The quantitative estimate of drug-likeness (QED) is 0.0262. The molecule has 0 radical (unpaired) electrons. The van der Waals surface area contributed by atoms with E-state index in [0.717, 1.165) is 109 Å². The van der Waals surface area contributed by atoms with Crippen molar-refractivity contribution in [2.24, 2.45) is 0 Å². The third-order valence-corrected chi connectivity index (χ3v) is 11.5. The zero-order chi connectivity index (χ0) is 45.8. The summed E-state index contributed by atoms with van der Waals surface area (Å²) in [4.78, 5) is 38.0. The molecule has 0 aromatic carbocycles. The van der Waals surface area contributed by atoms with Gasteiger partial charge in [-0.1, -0.05) is 223 Å². The molecule has 6 nitrogen and oxygen atoms in total. The molecular formula is C57H100O6. The van der Waals surface area contributed by atoms with Gasteiger partial charge in [-0.15, -0.1) is 0 Å². The van der Waals surface area contributed by atoms with Gasteiger partial charge >= 0.3 is 17.9 Å². The maximum Gasteiger partial charge on any atom is 0.306 e. The lowest BCUT2D eigenvalue weighted by Gasteiger charge is -2.18. The van der Waals surface area contributed by atoms with Crippen LogP contribution in [0.15, 0.2) is 60.8 Å². The lowest BCUT2D eigenvalue weighted by Crippen LogP contribution is -2.30. The predicted molar refractivity (Wildman–Crippen MR) is 270 cm³/mol. The van der Waals surface area contributed by atoms with Gasteiger partial charge in [0.05, 0.1) is 0 Å². The fourth-order valence-electron chi connectivity index (χ4n) is 7.49. The number of esters is 3. The van der Waals surface area contributed by atoms with Gasteiger partial charge in [-0.25, -0.2) is 0 Å². The highest BCUT2D eigenvalue weighted by Crippen LogP contribution is 2.15. The number of hydrogen-bond acceptors (Lipinski definition) is 6. The summed E-state index contributed by atoms with van der Waals surface area (Å²) in [5.74, 6) is -0.900. The molecule has 6 heteroatoms. The van der Waals surface area contributed by atoms with Gasteiger partial charge in [0.2, 0.25) is 0 Å². The number of allylic oxidation sites excluding steroid dienone is 10. The minimum absolute atomic E-state index is 0.0819. The number of rotatable bonds is 48. The van der Waals surface area contributed by atoms with E-state index in [9.17, 15) is 14.4 Å². The van der Waals surface area contributed by atoms with Crippen LogP contribution in [0, 0.1) is 0 Å². The number of unbranched alkanes of at least 4 members (excludes halogenated alkanes) is 27. The molecule has 0 bridgehead atoms. The van der Waals surface area contributed by atoms with Gasteiger partial charge in [0.25, 0.3) is 0 Å². The number of ether oxygens (including phenoxy) is 3. The minimum atomic E-state index is -0.784. The first-order chi connectivity index (χ1) is 31.0. The standard InChI is InChI=1S/C57H100O6/c1-4-7-10-13-16-19-22-25-27-28-30-32-35-38-41-44-47-50-56(59)62-53-54(52-61-55(58)49-46-43-40-37-34-31-24-21-18-15-12-9-6-3)63-57(60)51-48-45-42-39-36-33-29-26-23-20-17-14-11-8-5-2/h8,11,16-17,19-20,25-27,29,54H,4-7,9-10,12-15,18,21-24,28,30-53H2,1-3H3/b11-8+,19-16+,20-17+,27-25+,29-26+/t54-/m1/s1. The van der Waals surface area contributed by atoms with Crippen molar-refractivity contribution >= 4 is 17.9 Å². The molecule has 0 rings (SSSR count). The molecule has 0 unspecified atom stereocenters. The second-order valence-electron chi connectivity index (χ2n) is 17.8. The van der Waals surface area contributed by atoms with Crippen molar-refractivity contribution in [2.75, 3.05) is 13.2 Å². The van der Waals surface area contributed by atoms with Crippen molar-refractivity contribution in [3.8, 4) is 0 Å². The summed E-state index contributed by atoms with van der Waals surface area (Å²) in [6.07, 6.45) is 63.4.